The van der Waals surface area contributed by atoms with Crippen LogP contribution in [0.1, 0.15) is 35.4 Å². The van der Waals surface area contributed by atoms with Gasteiger partial charge < -0.3 is 34.6 Å². The Morgan fingerprint density at radius 2 is 1.96 bits per heavy atom. The number of aliphatic hydroxyl groups excluding tert-OH is 2. The fourth-order valence-electron chi connectivity index (χ4n) is 6.22. The van der Waals surface area contributed by atoms with Gasteiger partial charge in [-0.3, -0.25) is 9.59 Å². The number of carbonyl (C=O) groups is 2. The molecule has 0 aliphatic carbocycles. The molecule has 3 aromatic rings. The smallest absolute Gasteiger partial charge is 0.298 e. The zero-order chi connectivity index (χ0) is 31.5. The Kier molecular flexibility index (Phi) is 8.86. The van der Waals surface area contributed by atoms with Crippen molar-refractivity contribution in [3.8, 4) is 16.9 Å². The number of amidine groups is 1. The van der Waals surface area contributed by atoms with Crippen molar-refractivity contribution in [2.24, 2.45) is 12.0 Å². The van der Waals surface area contributed by atoms with Crippen LogP contribution in [0.5, 0.6) is 5.75 Å². The van der Waals surface area contributed by atoms with Crippen LogP contribution >= 0.6 is 0 Å². The molecule has 1 amide bonds. The molecule has 0 radical (unpaired) electrons. The number of aryl methyl sites for hydroxylation is 1. The van der Waals surface area contributed by atoms with Gasteiger partial charge in [-0.1, -0.05) is 42.5 Å². The largest absolute Gasteiger partial charge is 0.489 e. The second-order valence-corrected chi connectivity index (χ2v) is 11.7. The van der Waals surface area contributed by atoms with E-state index in [0.717, 1.165) is 67.2 Å². The Balaban J connectivity index is 1.15. The van der Waals surface area contributed by atoms with Gasteiger partial charge in [-0.2, -0.15) is 0 Å². The van der Waals surface area contributed by atoms with Crippen molar-refractivity contribution in [2.45, 2.75) is 38.3 Å². The van der Waals surface area contributed by atoms with Crippen LogP contribution in [0, 0.1) is 6.92 Å². The van der Waals surface area contributed by atoms with Gasteiger partial charge in [0.2, 0.25) is 0 Å². The number of allylic oxidation sites excluding steroid dienone is 1. The summed E-state index contributed by atoms with van der Waals surface area (Å²) >= 11 is 0. The van der Waals surface area contributed by atoms with Crippen molar-refractivity contribution < 1.29 is 24.5 Å². The fraction of sp³-hybridized carbons (Fsp3) is 0.343. The Hall–Kier alpha value is -4.67. The van der Waals surface area contributed by atoms with Crippen LogP contribution in [-0.4, -0.2) is 82.2 Å². The molecule has 0 unspecified atom stereocenters. The second kappa shape index (κ2) is 13.1. The highest BCUT2D eigenvalue weighted by atomic mass is 16.5. The van der Waals surface area contributed by atoms with Crippen LogP contribution in [0.4, 0.5) is 11.4 Å². The molecule has 1 saturated heterocycles. The van der Waals surface area contributed by atoms with Gasteiger partial charge in [-0.25, -0.2) is 4.99 Å². The molecule has 10 nitrogen and oxygen atoms in total. The number of aromatic nitrogens is 1. The lowest BCUT2D eigenvalue weighted by molar-refractivity contribution is -0.112. The minimum absolute atomic E-state index is 0.116. The van der Waals surface area contributed by atoms with Crippen molar-refractivity contribution in [1.29, 1.82) is 0 Å². The van der Waals surface area contributed by atoms with E-state index in [1.54, 1.807) is 23.9 Å². The van der Waals surface area contributed by atoms with Gasteiger partial charge in [0.1, 0.15) is 30.0 Å². The summed E-state index contributed by atoms with van der Waals surface area (Å²) < 4.78 is 7.95. The van der Waals surface area contributed by atoms with Crippen LogP contribution in [-0.2, 0) is 11.8 Å². The number of hydrogen-bond donors (Lipinski definition) is 3. The van der Waals surface area contributed by atoms with Gasteiger partial charge in [0.05, 0.1) is 18.3 Å². The van der Waals surface area contributed by atoms with Gasteiger partial charge >= 0.3 is 0 Å². The van der Waals surface area contributed by atoms with Crippen LogP contribution in [0.15, 0.2) is 83.5 Å². The average molecular weight is 610 g/mol. The van der Waals surface area contributed by atoms with Crippen LogP contribution < -0.4 is 15.0 Å². The third kappa shape index (κ3) is 6.29. The summed E-state index contributed by atoms with van der Waals surface area (Å²) in [5.74, 6) is 0.334. The standard InChI is InChI=1S/C35H39N5O5/c1-23-17-28(24-9-5-3-6-10-24)33(38(23)2)34(43)35(44)37-26-13-14-29-31(18-26)45-22-27-20-39(15-16-40(27)29)32-12-8-4-7-11-25(19-36-32)30(42)21-41/h3,5-7,9-11,13-14,17-19,27,30,41-42H,4,8,12,15-16,20-22H2,1-2H3,(H,37,44)/b11-7-,25-19+,36-32+/t27-,30+/m1/s1. The third-order valence-electron chi connectivity index (χ3n) is 8.79. The molecule has 234 valence electrons. The lowest BCUT2D eigenvalue weighted by atomic mass is 10.0. The molecule has 0 saturated carbocycles. The summed E-state index contributed by atoms with van der Waals surface area (Å²) in [4.78, 5) is 36.0. The Morgan fingerprint density at radius 1 is 1.13 bits per heavy atom. The summed E-state index contributed by atoms with van der Waals surface area (Å²) in [6.07, 6.45) is 7.22. The van der Waals surface area contributed by atoms with Gasteiger partial charge in [0.15, 0.2) is 0 Å². The van der Waals surface area contributed by atoms with Crippen LogP contribution in [0.3, 0.4) is 0 Å². The molecular weight excluding hydrogens is 570 g/mol. The quantitative estimate of drug-likeness (QED) is 0.285. The van der Waals surface area contributed by atoms with Crippen LogP contribution in [0.2, 0.25) is 0 Å². The van der Waals surface area contributed by atoms with Crippen molar-refractivity contribution in [1.82, 2.24) is 9.47 Å². The van der Waals surface area contributed by atoms with E-state index in [4.69, 9.17) is 9.73 Å². The molecule has 4 heterocycles. The molecule has 0 spiro atoms. The van der Waals surface area contributed by atoms with E-state index < -0.39 is 17.8 Å². The molecule has 10 heteroatoms. The lowest BCUT2D eigenvalue weighted by Gasteiger charge is -2.46. The van der Waals surface area contributed by atoms with Crippen LogP contribution in [0.25, 0.3) is 11.1 Å². The van der Waals surface area contributed by atoms with E-state index in [2.05, 4.69) is 15.1 Å². The van der Waals surface area contributed by atoms with E-state index in [9.17, 15) is 19.8 Å². The van der Waals surface area contributed by atoms with E-state index in [0.29, 0.717) is 29.3 Å². The molecule has 1 fully saturated rings. The third-order valence-corrected chi connectivity index (χ3v) is 8.79. The predicted octanol–water partition coefficient (Wildman–Crippen LogP) is 4.08. The highest BCUT2D eigenvalue weighted by molar-refractivity contribution is 6.47. The second-order valence-electron chi connectivity index (χ2n) is 11.7. The SMILES string of the molecule is Cc1cc(-c2ccccc2)c(C(=O)C(=O)Nc2ccc3c(c2)OC[C@H]2CN(/C4=N/C=C([C@@H](O)CO)\C=C/CCC4)CCN32)n1C. The van der Waals surface area contributed by atoms with Gasteiger partial charge in [0, 0.05) is 67.9 Å². The number of Topliss-reactive ketones (excluding diaryl/α,β-unsaturated/α-hetero) is 1. The first kappa shape index (κ1) is 30.4. The maximum atomic E-state index is 13.4. The number of benzene rings is 2. The van der Waals surface area contributed by atoms with Gasteiger partial charge in [-0.05, 0) is 43.5 Å². The zero-order valence-corrected chi connectivity index (χ0v) is 25.6. The number of nitrogens with zero attached hydrogens (tertiary/aromatic N) is 4. The van der Waals surface area contributed by atoms with E-state index >= 15 is 0 Å². The van der Waals surface area contributed by atoms with E-state index in [1.807, 2.05) is 67.6 Å². The Morgan fingerprint density at radius 3 is 2.76 bits per heavy atom. The Bertz CT molecular complexity index is 1670. The van der Waals surface area contributed by atoms with E-state index in [-0.39, 0.29) is 12.6 Å². The molecule has 2 atom stereocenters. The Labute approximate surface area is 262 Å². The first-order chi connectivity index (χ1) is 21.8. The number of ketones is 1. The predicted molar refractivity (Wildman–Crippen MR) is 175 cm³/mol. The molecule has 3 N–H and O–H groups in total. The van der Waals surface area contributed by atoms with Crippen molar-refractivity contribution in [3.63, 3.8) is 0 Å². The number of aliphatic imine (C=N–C) groups is 1. The lowest BCUT2D eigenvalue weighted by Crippen LogP contribution is -2.58. The van der Waals surface area contributed by atoms with Gasteiger partial charge in [0.25, 0.3) is 11.7 Å². The molecule has 6 rings (SSSR count). The van der Waals surface area contributed by atoms with Crippen molar-refractivity contribution in [2.75, 3.05) is 43.1 Å². The molecule has 3 aliphatic rings. The number of rotatable bonds is 6. The molecule has 3 aliphatic heterocycles. The molecule has 2 aromatic carbocycles. The van der Waals surface area contributed by atoms with Crippen molar-refractivity contribution >= 4 is 28.9 Å². The topological polar surface area (TPSA) is 120 Å². The molecule has 45 heavy (non-hydrogen) atoms. The summed E-state index contributed by atoms with van der Waals surface area (Å²) in [7, 11) is 1.79. The monoisotopic (exact) mass is 609 g/mol. The summed E-state index contributed by atoms with van der Waals surface area (Å²) in [5, 5.41) is 22.3. The fourth-order valence-corrected chi connectivity index (χ4v) is 6.22. The number of nitrogens with one attached hydrogen (secondary N) is 1. The number of ether oxygens (including phenoxy) is 1. The first-order valence-corrected chi connectivity index (χ1v) is 15.4. The highest BCUT2D eigenvalue weighted by Crippen LogP contribution is 2.38. The molecule has 0 bridgehead atoms. The van der Waals surface area contributed by atoms with Gasteiger partial charge in [-0.15, -0.1) is 0 Å². The average Bonchev–Trinajstić information content (AvgIpc) is 3.43. The maximum Gasteiger partial charge on any atom is 0.298 e. The number of carbonyl (C=O) groups excluding carboxylic acids is 2. The number of piperazine rings is 1. The number of amides is 1. The molecular formula is C35H39N5O5. The molecule has 1 aromatic heterocycles. The highest BCUT2D eigenvalue weighted by Gasteiger charge is 2.34. The maximum absolute atomic E-state index is 13.4. The first-order valence-electron chi connectivity index (χ1n) is 15.4. The minimum atomic E-state index is -0.952. The zero-order valence-electron chi connectivity index (χ0n) is 25.6. The summed E-state index contributed by atoms with van der Waals surface area (Å²) in [5.41, 5.74) is 4.90. The number of anilines is 2. The van der Waals surface area contributed by atoms with Crippen molar-refractivity contribution in [3.05, 3.63) is 89.9 Å². The number of hydrogen-bond acceptors (Lipinski definition) is 8. The normalized spacial score (nSPS) is 21.7. The minimum Gasteiger partial charge on any atom is -0.489 e. The summed E-state index contributed by atoms with van der Waals surface area (Å²) in [6, 6.07) is 17.2. The summed E-state index contributed by atoms with van der Waals surface area (Å²) in [6.45, 7) is 4.33. The van der Waals surface area contributed by atoms with E-state index in [1.165, 1.54) is 0 Å². The number of aliphatic hydroxyl groups is 2. The number of fused-ring (bicyclic) bond motifs is 3.